The summed E-state index contributed by atoms with van der Waals surface area (Å²) >= 11 is 0.931. The van der Waals surface area contributed by atoms with Crippen molar-refractivity contribution in [2.45, 2.75) is 11.4 Å². The first-order valence-corrected chi connectivity index (χ1v) is 12.3. The number of pyridine rings is 1. The minimum absolute atomic E-state index is 0.0556. The normalized spacial score (nSPS) is 12.4. The standard InChI is InChI=1S/C28H17F3N4O2S/c29-17-2-1-3-18(10-17)38-35-23-7-6-22(30)24(25(23)31)26(36)21-13-33-27-20(21)9-15(11-32-27)14-4-5-19-16(8-14)12-34-28(19)37/h1-11,13,35H,12H2,(H,32,33)(H,34,37). The maximum Gasteiger partial charge on any atom is 0.251 e. The van der Waals surface area contributed by atoms with Gasteiger partial charge >= 0.3 is 0 Å². The molecule has 0 unspecified atom stereocenters. The third-order valence-corrected chi connectivity index (χ3v) is 7.10. The Balaban J connectivity index is 1.34. The molecule has 0 radical (unpaired) electrons. The number of anilines is 1. The largest absolute Gasteiger partial charge is 0.348 e. The summed E-state index contributed by atoms with van der Waals surface area (Å²) in [6.45, 7) is 0.423. The van der Waals surface area contributed by atoms with Gasteiger partial charge in [0.1, 0.15) is 17.3 Å². The highest BCUT2D eigenvalue weighted by Crippen LogP contribution is 2.32. The highest BCUT2D eigenvalue weighted by molar-refractivity contribution is 8.00. The van der Waals surface area contributed by atoms with Crippen LogP contribution in [-0.2, 0) is 6.54 Å². The third kappa shape index (κ3) is 4.18. The van der Waals surface area contributed by atoms with Crippen molar-refractivity contribution in [3.63, 3.8) is 0 Å². The zero-order chi connectivity index (χ0) is 26.4. The fourth-order valence-electron chi connectivity index (χ4n) is 4.38. The maximum absolute atomic E-state index is 15.4. The van der Waals surface area contributed by atoms with E-state index in [0.717, 1.165) is 29.1 Å². The van der Waals surface area contributed by atoms with Crippen molar-refractivity contribution in [1.29, 1.82) is 0 Å². The number of halogens is 3. The molecule has 6 rings (SSSR count). The van der Waals surface area contributed by atoms with Crippen LogP contribution >= 0.6 is 11.9 Å². The molecule has 2 aromatic heterocycles. The molecular formula is C28H17F3N4O2S. The van der Waals surface area contributed by atoms with Crippen molar-refractivity contribution in [1.82, 2.24) is 15.3 Å². The summed E-state index contributed by atoms with van der Waals surface area (Å²) in [5, 5.41) is 3.17. The summed E-state index contributed by atoms with van der Waals surface area (Å²) in [6.07, 6.45) is 2.99. The van der Waals surface area contributed by atoms with E-state index in [0.29, 0.717) is 33.6 Å². The van der Waals surface area contributed by atoms with E-state index in [4.69, 9.17) is 0 Å². The fourth-order valence-corrected chi connectivity index (χ4v) is 5.08. The fraction of sp³-hybridized carbons (Fsp3) is 0.0357. The van der Waals surface area contributed by atoms with E-state index in [-0.39, 0.29) is 17.2 Å². The first-order valence-electron chi connectivity index (χ1n) is 11.5. The van der Waals surface area contributed by atoms with E-state index in [1.54, 1.807) is 30.5 Å². The molecule has 1 aliphatic heterocycles. The molecule has 1 amide bonds. The minimum Gasteiger partial charge on any atom is -0.348 e. The number of aromatic amines is 1. The highest BCUT2D eigenvalue weighted by atomic mass is 32.2. The van der Waals surface area contributed by atoms with Crippen LogP contribution in [0, 0.1) is 17.5 Å². The lowest BCUT2D eigenvalue weighted by molar-refractivity contribution is 0.0964. The number of hydrogen-bond donors (Lipinski definition) is 3. The van der Waals surface area contributed by atoms with Crippen LogP contribution in [0.1, 0.15) is 31.8 Å². The molecule has 6 nitrogen and oxygen atoms in total. The summed E-state index contributed by atoms with van der Waals surface area (Å²) in [7, 11) is 0. The number of nitrogens with zero attached hydrogens (tertiary/aromatic N) is 1. The molecule has 0 bridgehead atoms. The second kappa shape index (κ2) is 9.38. The summed E-state index contributed by atoms with van der Waals surface area (Å²) in [5.41, 5.74) is 2.51. The zero-order valence-corrected chi connectivity index (χ0v) is 20.3. The van der Waals surface area contributed by atoms with Crippen LogP contribution in [0.3, 0.4) is 0 Å². The SMILES string of the molecule is O=C1NCc2cc(-c3cnc4[nH]cc(C(=O)c5c(F)ccc(NSc6cccc(F)c6)c5F)c4c3)ccc21. The predicted molar refractivity (Wildman–Crippen MR) is 138 cm³/mol. The summed E-state index contributed by atoms with van der Waals surface area (Å²) < 4.78 is 46.4. The lowest BCUT2D eigenvalue weighted by Gasteiger charge is -2.11. The van der Waals surface area contributed by atoms with Gasteiger partial charge in [-0.3, -0.25) is 9.59 Å². The van der Waals surface area contributed by atoms with Gasteiger partial charge in [0.05, 0.1) is 11.3 Å². The Kier molecular flexibility index (Phi) is 5.88. The van der Waals surface area contributed by atoms with Gasteiger partial charge in [-0.1, -0.05) is 12.1 Å². The van der Waals surface area contributed by atoms with Gasteiger partial charge in [0.15, 0.2) is 5.82 Å². The second-order valence-corrected chi connectivity index (χ2v) is 9.53. The molecule has 0 atom stereocenters. The molecule has 0 fully saturated rings. The van der Waals surface area contributed by atoms with E-state index in [1.165, 1.54) is 30.5 Å². The predicted octanol–water partition coefficient (Wildman–Crippen LogP) is 6.24. The van der Waals surface area contributed by atoms with Crippen molar-refractivity contribution < 1.29 is 22.8 Å². The lowest BCUT2D eigenvalue weighted by atomic mass is 9.98. The number of rotatable bonds is 6. The number of amides is 1. The number of hydrogen-bond acceptors (Lipinski definition) is 5. The number of carbonyl (C=O) groups excluding carboxylic acids is 2. The number of H-pyrrole nitrogens is 1. The van der Waals surface area contributed by atoms with Gasteiger partial charge in [0.25, 0.3) is 5.91 Å². The van der Waals surface area contributed by atoms with Gasteiger partial charge in [-0.25, -0.2) is 18.2 Å². The molecule has 0 saturated carbocycles. The number of fused-ring (bicyclic) bond motifs is 2. The summed E-state index contributed by atoms with van der Waals surface area (Å²) in [6, 6.07) is 15.0. The Morgan fingerprint density at radius 3 is 2.71 bits per heavy atom. The van der Waals surface area contributed by atoms with Crippen LogP contribution in [-0.4, -0.2) is 21.7 Å². The molecule has 38 heavy (non-hydrogen) atoms. The lowest BCUT2D eigenvalue weighted by Crippen LogP contribution is -2.12. The van der Waals surface area contributed by atoms with Crippen molar-refractivity contribution >= 4 is 40.4 Å². The Morgan fingerprint density at radius 1 is 1.00 bits per heavy atom. The minimum atomic E-state index is -1.06. The topological polar surface area (TPSA) is 86.9 Å². The van der Waals surface area contributed by atoms with Crippen LogP contribution in [0.2, 0.25) is 0 Å². The van der Waals surface area contributed by atoms with Gasteiger partial charge in [0.2, 0.25) is 5.78 Å². The second-order valence-electron chi connectivity index (χ2n) is 8.65. The molecule has 0 saturated heterocycles. The van der Waals surface area contributed by atoms with E-state index in [2.05, 4.69) is 20.0 Å². The van der Waals surface area contributed by atoms with Crippen LogP contribution in [0.15, 0.2) is 78.0 Å². The van der Waals surface area contributed by atoms with E-state index in [1.807, 2.05) is 6.07 Å². The average Bonchev–Trinajstić information content (AvgIpc) is 3.51. The molecule has 188 valence electrons. The Hall–Kier alpha value is -4.57. The van der Waals surface area contributed by atoms with Crippen molar-refractivity contribution in [3.05, 3.63) is 113 Å². The van der Waals surface area contributed by atoms with Gasteiger partial charge in [0, 0.05) is 45.9 Å². The van der Waals surface area contributed by atoms with Crippen molar-refractivity contribution in [3.8, 4) is 11.1 Å². The summed E-state index contributed by atoms with van der Waals surface area (Å²) in [5.74, 6) is -3.51. The van der Waals surface area contributed by atoms with Gasteiger partial charge in [-0.05, 0) is 71.6 Å². The van der Waals surface area contributed by atoms with E-state index < -0.39 is 28.8 Å². The molecule has 5 aromatic rings. The molecule has 3 heterocycles. The average molecular weight is 531 g/mol. The van der Waals surface area contributed by atoms with Crippen LogP contribution in [0.4, 0.5) is 18.9 Å². The first-order chi connectivity index (χ1) is 18.4. The molecule has 3 N–H and O–H groups in total. The van der Waals surface area contributed by atoms with E-state index in [9.17, 15) is 18.4 Å². The molecule has 0 aliphatic carbocycles. The Bertz CT molecular complexity index is 1770. The number of nitrogens with one attached hydrogen (secondary N) is 3. The van der Waals surface area contributed by atoms with E-state index >= 15 is 4.39 Å². The van der Waals surface area contributed by atoms with Crippen molar-refractivity contribution in [2.75, 3.05) is 4.72 Å². The molecule has 3 aromatic carbocycles. The van der Waals surface area contributed by atoms with Crippen LogP contribution in [0.5, 0.6) is 0 Å². The van der Waals surface area contributed by atoms with Gasteiger partial charge in [-0.15, -0.1) is 0 Å². The van der Waals surface area contributed by atoms with Gasteiger partial charge < -0.3 is 15.0 Å². The highest BCUT2D eigenvalue weighted by Gasteiger charge is 2.25. The molecular weight excluding hydrogens is 513 g/mol. The monoisotopic (exact) mass is 530 g/mol. The zero-order valence-electron chi connectivity index (χ0n) is 19.4. The number of aromatic nitrogens is 2. The first kappa shape index (κ1) is 23.8. The maximum atomic E-state index is 15.4. The smallest absolute Gasteiger partial charge is 0.251 e. The number of benzene rings is 3. The van der Waals surface area contributed by atoms with Crippen LogP contribution in [0.25, 0.3) is 22.2 Å². The van der Waals surface area contributed by atoms with Crippen LogP contribution < -0.4 is 10.0 Å². The number of carbonyl (C=O) groups is 2. The number of ketones is 1. The molecule has 1 aliphatic rings. The Morgan fingerprint density at radius 2 is 1.87 bits per heavy atom. The third-order valence-electron chi connectivity index (χ3n) is 6.29. The Labute approximate surface area is 218 Å². The summed E-state index contributed by atoms with van der Waals surface area (Å²) in [4.78, 5) is 33.0. The quantitative estimate of drug-likeness (QED) is 0.179. The molecule has 10 heteroatoms. The van der Waals surface area contributed by atoms with Crippen molar-refractivity contribution in [2.24, 2.45) is 0 Å². The molecule has 0 spiro atoms. The van der Waals surface area contributed by atoms with Gasteiger partial charge in [-0.2, -0.15) is 0 Å².